The summed E-state index contributed by atoms with van der Waals surface area (Å²) in [5.74, 6) is -0.324. The van der Waals surface area contributed by atoms with Gasteiger partial charge in [0, 0.05) is 0 Å². The second kappa shape index (κ2) is 7.72. The second-order valence-corrected chi connectivity index (χ2v) is 9.19. The molecule has 144 valence electrons. The minimum absolute atomic E-state index is 0.178. The van der Waals surface area contributed by atoms with Crippen LogP contribution in [0.25, 0.3) is 0 Å². The number of nitrogens with zero attached hydrogens (tertiary/aromatic N) is 1. The fourth-order valence-electron chi connectivity index (χ4n) is 3.55. The lowest BCUT2D eigenvalue weighted by Gasteiger charge is -2.23. The van der Waals surface area contributed by atoms with E-state index in [2.05, 4.69) is 17.4 Å². The van der Waals surface area contributed by atoms with Crippen LogP contribution in [0.1, 0.15) is 41.6 Å². The number of carbonyl (C=O) groups excluding carboxylic acids is 1. The highest BCUT2D eigenvalue weighted by Gasteiger charge is 2.22. The molecule has 1 N–H and O–H groups in total. The van der Waals surface area contributed by atoms with Gasteiger partial charge >= 0.3 is 0 Å². The molecule has 0 heterocycles. The van der Waals surface area contributed by atoms with Gasteiger partial charge in [-0.3, -0.25) is 9.10 Å². The molecule has 0 saturated carbocycles. The molecule has 0 unspecified atom stereocenters. The topological polar surface area (TPSA) is 66.5 Å². The molecule has 0 aromatic heterocycles. The highest BCUT2D eigenvalue weighted by molar-refractivity contribution is 7.92. The van der Waals surface area contributed by atoms with Crippen molar-refractivity contribution < 1.29 is 13.2 Å². The van der Waals surface area contributed by atoms with Crippen molar-refractivity contribution >= 4 is 21.6 Å². The summed E-state index contributed by atoms with van der Waals surface area (Å²) in [5, 5.41) is 2.93. The van der Waals surface area contributed by atoms with Crippen LogP contribution >= 0.6 is 0 Å². The first-order chi connectivity index (χ1) is 12.7. The van der Waals surface area contributed by atoms with E-state index in [1.54, 1.807) is 18.2 Å². The average molecular weight is 387 g/mol. The van der Waals surface area contributed by atoms with Gasteiger partial charge < -0.3 is 5.32 Å². The molecule has 1 aliphatic rings. The summed E-state index contributed by atoms with van der Waals surface area (Å²) in [4.78, 5) is 12.6. The van der Waals surface area contributed by atoms with Gasteiger partial charge in [-0.25, -0.2) is 8.42 Å². The first kappa shape index (κ1) is 19.4. The predicted octanol–water partition coefficient (Wildman–Crippen LogP) is 3.13. The lowest BCUT2D eigenvalue weighted by molar-refractivity contribution is -0.120. The van der Waals surface area contributed by atoms with Crippen LogP contribution in [0.2, 0.25) is 0 Å². The molecule has 27 heavy (non-hydrogen) atoms. The number of amides is 1. The Morgan fingerprint density at radius 2 is 1.89 bits per heavy atom. The lowest BCUT2D eigenvalue weighted by Crippen LogP contribution is -2.41. The highest BCUT2D eigenvalue weighted by Crippen LogP contribution is 2.25. The van der Waals surface area contributed by atoms with E-state index in [0.29, 0.717) is 5.69 Å². The minimum atomic E-state index is -3.57. The highest BCUT2D eigenvalue weighted by atomic mass is 32.2. The van der Waals surface area contributed by atoms with Crippen molar-refractivity contribution in [3.05, 3.63) is 64.7 Å². The molecule has 2 aromatic carbocycles. The quantitative estimate of drug-likeness (QED) is 0.829. The number of hydrogen-bond acceptors (Lipinski definition) is 3. The van der Waals surface area contributed by atoms with Crippen molar-refractivity contribution in [2.45, 2.75) is 39.2 Å². The van der Waals surface area contributed by atoms with Gasteiger partial charge in [-0.2, -0.15) is 0 Å². The molecule has 0 saturated heterocycles. The maximum absolute atomic E-state index is 12.6. The maximum atomic E-state index is 12.6. The van der Waals surface area contributed by atoms with E-state index >= 15 is 0 Å². The summed E-state index contributed by atoms with van der Waals surface area (Å²) in [5.41, 5.74) is 5.22. The molecule has 2 aromatic rings. The molecule has 0 fully saturated rings. The fraction of sp³-hybridized carbons (Fsp3) is 0.381. The number of sulfonamides is 1. The van der Waals surface area contributed by atoms with Crippen molar-refractivity contribution in [1.29, 1.82) is 0 Å². The molecule has 0 aliphatic heterocycles. The van der Waals surface area contributed by atoms with Gasteiger partial charge in [-0.05, 0) is 67.5 Å². The lowest BCUT2D eigenvalue weighted by atomic mass is 10.0. The Bertz CT molecular complexity index is 954. The second-order valence-electron chi connectivity index (χ2n) is 7.28. The van der Waals surface area contributed by atoms with E-state index in [1.165, 1.54) is 17.5 Å². The smallest absolute Gasteiger partial charge is 0.241 e. The average Bonchev–Trinajstić information content (AvgIpc) is 3.06. The van der Waals surface area contributed by atoms with Gasteiger partial charge in [0.1, 0.15) is 6.54 Å². The molecular weight excluding hydrogens is 360 g/mol. The Hall–Kier alpha value is -2.34. The normalized spacial score (nSPS) is 14.5. The van der Waals surface area contributed by atoms with Gasteiger partial charge in [-0.15, -0.1) is 0 Å². The van der Waals surface area contributed by atoms with Gasteiger partial charge in [0.25, 0.3) is 0 Å². The molecule has 5 nitrogen and oxygen atoms in total. The van der Waals surface area contributed by atoms with Crippen molar-refractivity contribution in [1.82, 2.24) is 5.32 Å². The van der Waals surface area contributed by atoms with E-state index < -0.39 is 10.0 Å². The molecule has 6 heteroatoms. The first-order valence-corrected chi connectivity index (χ1v) is 11.0. The van der Waals surface area contributed by atoms with Gasteiger partial charge in [-0.1, -0.05) is 30.3 Å². The van der Waals surface area contributed by atoms with E-state index in [9.17, 15) is 13.2 Å². The van der Waals surface area contributed by atoms with Crippen molar-refractivity contribution in [3.8, 4) is 0 Å². The zero-order valence-corrected chi connectivity index (χ0v) is 16.8. The number of aryl methyl sites for hydroxylation is 3. The first-order valence-electron chi connectivity index (χ1n) is 9.19. The molecule has 0 radical (unpaired) electrons. The Balaban J connectivity index is 1.72. The fourth-order valence-corrected chi connectivity index (χ4v) is 4.39. The Morgan fingerprint density at radius 1 is 1.15 bits per heavy atom. The number of anilines is 1. The molecule has 3 rings (SSSR count). The van der Waals surface area contributed by atoms with Gasteiger partial charge in [0.15, 0.2) is 0 Å². The third-order valence-electron chi connectivity index (χ3n) is 4.98. The molecular formula is C21H26N2O3S. The van der Waals surface area contributed by atoms with Crippen LogP contribution < -0.4 is 9.62 Å². The number of hydrogen-bond donors (Lipinski definition) is 1. The monoisotopic (exact) mass is 386 g/mol. The summed E-state index contributed by atoms with van der Waals surface area (Å²) in [6.45, 7) is 3.57. The predicted molar refractivity (Wildman–Crippen MR) is 108 cm³/mol. The summed E-state index contributed by atoms with van der Waals surface area (Å²) in [7, 11) is -3.57. The number of carbonyl (C=O) groups is 1. The molecule has 1 atom stereocenters. The van der Waals surface area contributed by atoms with Crippen LogP contribution in [0, 0.1) is 6.92 Å². The van der Waals surface area contributed by atoms with Crippen molar-refractivity contribution in [3.63, 3.8) is 0 Å². The summed E-state index contributed by atoms with van der Waals surface area (Å²) in [6, 6.07) is 13.3. The van der Waals surface area contributed by atoms with Crippen LogP contribution in [-0.4, -0.2) is 27.1 Å². The number of rotatable bonds is 6. The molecule has 1 aliphatic carbocycles. The summed E-state index contributed by atoms with van der Waals surface area (Å²) >= 11 is 0. The third kappa shape index (κ3) is 4.69. The zero-order valence-electron chi connectivity index (χ0n) is 16.0. The summed E-state index contributed by atoms with van der Waals surface area (Å²) < 4.78 is 25.6. The van der Waals surface area contributed by atoms with E-state index in [1.807, 2.05) is 26.0 Å². The van der Waals surface area contributed by atoms with Gasteiger partial charge in [0.05, 0.1) is 18.0 Å². The molecule has 0 spiro atoms. The van der Waals surface area contributed by atoms with Crippen molar-refractivity contribution in [2.75, 3.05) is 17.1 Å². The standard InChI is InChI=1S/C21H26N2O3S/c1-15-6-4-9-20(12-15)23(27(3,25)26)14-21(24)22-16(2)18-11-10-17-7-5-8-19(17)13-18/h4,6,9-13,16H,5,7-8,14H2,1-3H3,(H,22,24)/t16-/m1/s1. The summed E-state index contributed by atoms with van der Waals surface area (Å²) in [6.07, 6.45) is 4.50. The molecule has 1 amide bonds. The van der Waals surface area contributed by atoms with E-state index in [-0.39, 0.29) is 18.5 Å². The van der Waals surface area contributed by atoms with Crippen LogP contribution in [0.3, 0.4) is 0 Å². The van der Waals surface area contributed by atoms with Crippen LogP contribution in [0.15, 0.2) is 42.5 Å². The Labute approximate surface area is 161 Å². The molecule has 0 bridgehead atoms. The van der Waals surface area contributed by atoms with Crippen LogP contribution in [0.5, 0.6) is 0 Å². The largest absolute Gasteiger partial charge is 0.348 e. The van der Waals surface area contributed by atoms with Gasteiger partial charge in [0.2, 0.25) is 15.9 Å². The number of benzene rings is 2. The number of fused-ring (bicyclic) bond motifs is 1. The maximum Gasteiger partial charge on any atom is 0.241 e. The Morgan fingerprint density at radius 3 is 2.59 bits per heavy atom. The van der Waals surface area contributed by atoms with Crippen molar-refractivity contribution in [2.24, 2.45) is 0 Å². The minimum Gasteiger partial charge on any atom is -0.348 e. The Kier molecular flexibility index (Phi) is 5.56. The number of nitrogens with one attached hydrogen (secondary N) is 1. The van der Waals surface area contributed by atoms with E-state index in [4.69, 9.17) is 0 Å². The third-order valence-corrected chi connectivity index (χ3v) is 6.12. The SMILES string of the molecule is Cc1cccc(N(CC(=O)N[C@H](C)c2ccc3c(c2)CCC3)S(C)(=O)=O)c1. The van der Waals surface area contributed by atoms with Crippen LogP contribution in [-0.2, 0) is 27.7 Å². The van der Waals surface area contributed by atoms with Crippen LogP contribution in [0.4, 0.5) is 5.69 Å². The zero-order chi connectivity index (χ0) is 19.6. The van der Waals surface area contributed by atoms with E-state index in [0.717, 1.165) is 34.5 Å².